The normalized spacial score (nSPS) is 18.1. The Hall–Kier alpha value is -4.15. The number of aryl methyl sites for hydroxylation is 3. The van der Waals surface area contributed by atoms with Crippen LogP contribution in [0.15, 0.2) is 46.0 Å². The number of imidazole rings is 1. The molecule has 7 rings (SSSR count). The molecule has 2 saturated heterocycles. The number of likely N-dealkylation sites (tertiary alicyclic amines) is 2. The summed E-state index contributed by atoms with van der Waals surface area (Å²) in [6, 6.07) is 13.0. The lowest BCUT2D eigenvalue weighted by atomic mass is 9.94. The molecule has 10 heteroatoms. The van der Waals surface area contributed by atoms with Gasteiger partial charge in [0.15, 0.2) is 0 Å². The number of anilines is 1. The third kappa shape index (κ3) is 7.17. The van der Waals surface area contributed by atoms with Crippen molar-refractivity contribution >= 4 is 22.6 Å². The van der Waals surface area contributed by atoms with Crippen LogP contribution >= 0.6 is 0 Å². The van der Waals surface area contributed by atoms with Gasteiger partial charge in [0.05, 0.1) is 11.0 Å². The molecule has 2 N–H and O–H groups in total. The average molecular weight is 694 g/mol. The highest BCUT2D eigenvalue weighted by atomic mass is 16.2. The van der Waals surface area contributed by atoms with Crippen LogP contribution < -0.4 is 21.5 Å². The molecule has 3 aliphatic rings. The monoisotopic (exact) mass is 693 g/mol. The van der Waals surface area contributed by atoms with E-state index in [-0.39, 0.29) is 29.7 Å². The molecular weight excluding hydrogens is 638 g/mol. The fourth-order valence-electron chi connectivity index (χ4n) is 8.62. The Morgan fingerprint density at radius 2 is 1.61 bits per heavy atom. The van der Waals surface area contributed by atoms with E-state index in [2.05, 4.69) is 70.2 Å². The van der Waals surface area contributed by atoms with Gasteiger partial charge in [0.2, 0.25) is 0 Å². The molecule has 1 aliphatic carbocycles. The number of aromatic nitrogens is 3. The molecule has 4 heterocycles. The molecule has 2 aromatic carbocycles. The molecule has 0 spiro atoms. The molecule has 3 fully saturated rings. The summed E-state index contributed by atoms with van der Waals surface area (Å²) >= 11 is 0. The van der Waals surface area contributed by atoms with Gasteiger partial charge in [0.25, 0.3) is 11.5 Å². The molecule has 0 bridgehead atoms. The van der Waals surface area contributed by atoms with Crippen molar-refractivity contribution in [1.29, 1.82) is 0 Å². The van der Waals surface area contributed by atoms with Gasteiger partial charge in [-0.3, -0.25) is 18.7 Å². The number of H-pyrrole nitrogens is 1. The first-order valence-electron chi connectivity index (χ1n) is 19.0. The van der Waals surface area contributed by atoms with Crippen LogP contribution in [-0.4, -0.2) is 82.2 Å². The van der Waals surface area contributed by atoms with Crippen LogP contribution in [0.25, 0.3) is 22.2 Å². The summed E-state index contributed by atoms with van der Waals surface area (Å²) in [7, 11) is 4.00. The minimum absolute atomic E-state index is 0.0212. The minimum Gasteiger partial charge on any atom is -0.368 e. The molecule has 272 valence electrons. The van der Waals surface area contributed by atoms with Crippen molar-refractivity contribution in [1.82, 2.24) is 29.2 Å². The molecule has 2 aromatic heterocycles. The summed E-state index contributed by atoms with van der Waals surface area (Å²) in [5.41, 5.74) is 8.45. The van der Waals surface area contributed by atoms with Crippen LogP contribution in [-0.2, 0) is 13.6 Å². The van der Waals surface area contributed by atoms with Crippen LogP contribution in [0.2, 0.25) is 0 Å². The average Bonchev–Trinajstić information content (AvgIpc) is 3.90. The number of fused-ring (bicyclic) bond motifs is 1. The van der Waals surface area contributed by atoms with Crippen molar-refractivity contribution in [3.05, 3.63) is 85.2 Å². The highest BCUT2D eigenvalue weighted by molar-refractivity contribution is 5.99. The van der Waals surface area contributed by atoms with E-state index in [1.54, 1.807) is 4.57 Å². The molecule has 0 unspecified atom stereocenters. The molecule has 51 heavy (non-hydrogen) atoms. The van der Waals surface area contributed by atoms with E-state index in [4.69, 9.17) is 0 Å². The van der Waals surface area contributed by atoms with Crippen molar-refractivity contribution in [2.75, 3.05) is 51.2 Å². The third-order valence-electron chi connectivity index (χ3n) is 11.9. The van der Waals surface area contributed by atoms with Gasteiger partial charge >= 0.3 is 5.69 Å². The summed E-state index contributed by atoms with van der Waals surface area (Å²) in [6.07, 6.45) is 6.85. The maximum atomic E-state index is 14.1. The fourth-order valence-corrected chi connectivity index (χ4v) is 8.62. The zero-order chi connectivity index (χ0) is 36.0. The molecule has 10 nitrogen and oxygen atoms in total. The van der Waals surface area contributed by atoms with Crippen LogP contribution in [0.3, 0.4) is 0 Å². The smallest absolute Gasteiger partial charge is 0.329 e. The second-order valence-corrected chi connectivity index (χ2v) is 15.5. The van der Waals surface area contributed by atoms with Gasteiger partial charge in [-0.2, -0.15) is 0 Å². The maximum Gasteiger partial charge on any atom is 0.329 e. The van der Waals surface area contributed by atoms with Crippen LogP contribution in [0, 0.1) is 26.7 Å². The predicted molar refractivity (Wildman–Crippen MR) is 206 cm³/mol. The minimum atomic E-state index is -0.202. The van der Waals surface area contributed by atoms with Crippen molar-refractivity contribution in [2.45, 2.75) is 84.8 Å². The van der Waals surface area contributed by atoms with Gasteiger partial charge < -0.3 is 25.0 Å². The van der Waals surface area contributed by atoms with E-state index in [9.17, 15) is 14.4 Å². The number of amides is 1. The zero-order valence-electron chi connectivity index (χ0n) is 31.3. The number of nitrogens with one attached hydrogen (secondary N) is 2. The Bertz CT molecular complexity index is 2040. The number of carbonyl (C=O) groups is 1. The van der Waals surface area contributed by atoms with E-state index < -0.39 is 0 Å². The lowest BCUT2D eigenvalue weighted by Gasteiger charge is -2.40. The lowest BCUT2D eigenvalue weighted by molar-refractivity contribution is 0.0950. The predicted octanol–water partition coefficient (Wildman–Crippen LogP) is 5.52. The van der Waals surface area contributed by atoms with Crippen LogP contribution in [0.4, 0.5) is 5.69 Å². The first kappa shape index (κ1) is 35.3. The van der Waals surface area contributed by atoms with Crippen molar-refractivity contribution in [2.24, 2.45) is 13.0 Å². The molecule has 0 atom stereocenters. The standard InChI is InChI=1S/C41H55N7O3/c1-7-47(32-14-18-46(19-15-32)25-29-8-9-29)37-23-31(21-34(28(37)4)39(49)42-24-35-26(2)20-27(3)43-40(35)50)30-10-11-36-38(22-30)45(6)41(51)48(36)33-12-16-44(5)17-13-33/h10-11,20-23,29,32-33H,7-9,12-19,24-25H2,1-6H3,(H,42,49)(H,43,50). The fraction of sp³-hybridized carbons (Fsp3) is 0.537. The van der Waals surface area contributed by atoms with E-state index in [0.29, 0.717) is 17.2 Å². The van der Waals surface area contributed by atoms with E-state index in [1.165, 1.54) is 19.4 Å². The van der Waals surface area contributed by atoms with Gasteiger partial charge in [-0.25, -0.2) is 4.79 Å². The molecule has 1 saturated carbocycles. The van der Waals surface area contributed by atoms with E-state index >= 15 is 0 Å². The van der Waals surface area contributed by atoms with Crippen molar-refractivity contribution < 1.29 is 4.79 Å². The number of hydrogen-bond donors (Lipinski definition) is 2. The van der Waals surface area contributed by atoms with Gasteiger partial charge in [-0.05, 0) is 145 Å². The largest absolute Gasteiger partial charge is 0.368 e. The maximum absolute atomic E-state index is 14.1. The third-order valence-corrected chi connectivity index (χ3v) is 11.9. The Kier molecular flexibility index (Phi) is 10.0. The lowest BCUT2D eigenvalue weighted by Crippen LogP contribution is -2.45. The number of piperidine rings is 2. The van der Waals surface area contributed by atoms with Gasteiger partial charge in [0.1, 0.15) is 0 Å². The Balaban J connectivity index is 1.25. The van der Waals surface area contributed by atoms with Gasteiger partial charge in [-0.1, -0.05) is 6.07 Å². The van der Waals surface area contributed by atoms with Gasteiger partial charge in [0, 0.05) is 74.4 Å². The zero-order valence-corrected chi connectivity index (χ0v) is 31.3. The quantitative estimate of drug-likeness (QED) is 0.227. The van der Waals surface area contributed by atoms with Crippen molar-refractivity contribution in [3.8, 4) is 11.1 Å². The summed E-state index contributed by atoms with van der Waals surface area (Å²) in [6.45, 7) is 14.4. The van der Waals surface area contributed by atoms with Gasteiger partial charge in [-0.15, -0.1) is 0 Å². The Morgan fingerprint density at radius 3 is 2.27 bits per heavy atom. The number of pyridine rings is 1. The summed E-state index contributed by atoms with van der Waals surface area (Å²) < 4.78 is 3.77. The number of nitrogens with zero attached hydrogens (tertiary/aromatic N) is 5. The molecule has 2 aliphatic heterocycles. The second kappa shape index (κ2) is 14.5. The number of benzene rings is 2. The van der Waals surface area contributed by atoms with Crippen LogP contribution in [0.1, 0.15) is 84.2 Å². The summed E-state index contributed by atoms with van der Waals surface area (Å²) in [4.78, 5) is 50.9. The topological polar surface area (TPSA) is 98.6 Å². The molecule has 0 radical (unpaired) electrons. The number of rotatable bonds is 10. The molecule has 1 amide bonds. The summed E-state index contributed by atoms with van der Waals surface area (Å²) in [5.74, 6) is 0.688. The highest BCUT2D eigenvalue weighted by Crippen LogP contribution is 2.36. The SMILES string of the molecule is CCN(c1cc(-c2ccc3c(c2)n(C)c(=O)n3C2CCN(C)CC2)cc(C(=O)NCc2c(C)cc(C)[nH]c2=O)c1C)C1CCN(CC2CC2)CC1. The van der Waals surface area contributed by atoms with E-state index in [0.717, 1.165) is 109 Å². The second-order valence-electron chi connectivity index (χ2n) is 15.5. The Labute approximate surface area is 301 Å². The Morgan fingerprint density at radius 1 is 0.882 bits per heavy atom. The number of carbonyl (C=O) groups excluding carboxylic acids is 1. The van der Waals surface area contributed by atoms with Crippen molar-refractivity contribution in [3.63, 3.8) is 0 Å². The molecular formula is C41H55N7O3. The van der Waals surface area contributed by atoms with E-state index in [1.807, 2.05) is 37.6 Å². The molecule has 4 aromatic rings. The first-order chi connectivity index (χ1) is 24.5. The van der Waals surface area contributed by atoms with Crippen LogP contribution in [0.5, 0.6) is 0 Å². The highest BCUT2D eigenvalue weighted by Gasteiger charge is 2.30. The number of hydrogen-bond acceptors (Lipinski definition) is 6. The number of aromatic amines is 1. The first-order valence-corrected chi connectivity index (χ1v) is 19.0. The summed E-state index contributed by atoms with van der Waals surface area (Å²) in [5, 5.41) is 3.08.